The number of nitrogens with two attached hydrogens (primary N) is 1. The van der Waals surface area contributed by atoms with Gasteiger partial charge in [-0.3, -0.25) is 9.98 Å². The molecule has 3 aromatic heterocycles. The van der Waals surface area contributed by atoms with Crippen LogP contribution in [-0.4, -0.2) is 50.6 Å². The number of aromatic nitrogens is 4. The molecule has 1 saturated heterocycles. The van der Waals surface area contributed by atoms with Gasteiger partial charge in [-0.1, -0.05) is 6.07 Å². The van der Waals surface area contributed by atoms with E-state index < -0.39 is 0 Å². The predicted molar refractivity (Wildman–Crippen MR) is 113 cm³/mol. The summed E-state index contributed by atoms with van der Waals surface area (Å²) in [6, 6.07) is 6.08. The smallest absolute Gasteiger partial charge is 0.190 e. The van der Waals surface area contributed by atoms with Crippen LogP contribution in [0.5, 0.6) is 0 Å². The van der Waals surface area contributed by atoms with Crippen molar-refractivity contribution in [1.29, 1.82) is 0 Å². The number of nitrogens with zero attached hydrogens (tertiary/aromatic N) is 6. The van der Waals surface area contributed by atoms with E-state index in [4.69, 9.17) is 10.7 Å². The minimum Gasteiger partial charge on any atom is -0.370 e. The molecule has 3 aromatic rings. The summed E-state index contributed by atoms with van der Waals surface area (Å²) in [5, 5.41) is 7.93. The third-order valence-corrected chi connectivity index (χ3v) is 5.60. The number of fused-ring (bicyclic) bond motifs is 1. The van der Waals surface area contributed by atoms with Gasteiger partial charge >= 0.3 is 0 Å². The second-order valence-electron chi connectivity index (χ2n) is 6.88. The van der Waals surface area contributed by atoms with E-state index in [1.807, 2.05) is 22.8 Å². The highest BCUT2D eigenvalue weighted by Crippen LogP contribution is 2.29. The van der Waals surface area contributed by atoms with Crippen LogP contribution in [0.4, 0.5) is 5.82 Å². The molecule has 0 radical (unpaired) electrons. The number of anilines is 1. The van der Waals surface area contributed by atoms with Gasteiger partial charge in [-0.15, -0.1) is 0 Å². The number of rotatable bonds is 4. The van der Waals surface area contributed by atoms with Gasteiger partial charge in [-0.25, -0.2) is 4.98 Å². The molecule has 1 aliphatic rings. The third-order valence-electron chi connectivity index (χ3n) is 5.04. The molecule has 1 unspecified atom stereocenters. The molecule has 4 heterocycles. The number of halogens is 1. The highest BCUT2D eigenvalue weighted by atomic mass is 79.9. The Hall–Kier alpha value is -2.68. The summed E-state index contributed by atoms with van der Waals surface area (Å²) in [7, 11) is 1.73. The molecule has 1 atom stereocenters. The molecule has 0 saturated carbocycles. The average Bonchev–Trinajstić information content (AvgIpc) is 3.13. The Morgan fingerprint density at radius 2 is 2.32 bits per heavy atom. The zero-order valence-electron chi connectivity index (χ0n) is 15.7. The van der Waals surface area contributed by atoms with Crippen molar-refractivity contribution in [3.63, 3.8) is 0 Å². The van der Waals surface area contributed by atoms with E-state index >= 15 is 0 Å². The van der Waals surface area contributed by atoms with E-state index in [9.17, 15) is 0 Å². The van der Waals surface area contributed by atoms with Crippen molar-refractivity contribution < 1.29 is 0 Å². The Balaban J connectivity index is 1.64. The molecule has 1 fully saturated rings. The molecule has 0 aromatic carbocycles. The van der Waals surface area contributed by atoms with Gasteiger partial charge in [0.25, 0.3) is 0 Å². The number of aliphatic imine (C=N–C) groups is 1. The van der Waals surface area contributed by atoms with Gasteiger partial charge in [-0.2, -0.15) is 9.61 Å². The molecule has 0 spiro atoms. The first-order valence-corrected chi connectivity index (χ1v) is 10.1. The quantitative estimate of drug-likeness (QED) is 0.476. The molecule has 9 heteroatoms. The Labute approximate surface area is 172 Å². The molecular formula is C19H23BrN8. The van der Waals surface area contributed by atoms with Crippen LogP contribution < -0.4 is 11.1 Å². The third kappa shape index (κ3) is 3.80. The molecule has 146 valence electrons. The van der Waals surface area contributed by atoms with Crippen LogP contribution in [0.25, 0.3) is 5.65 Å². The zero-order valence-corrected chi connectivity index (χ0v) is 17.3. The van der Waals surface area contributed by atoms with Gasteiger partial charge in [0.05, 0.1) is 16.4 Å². The molecule has 3 N–H and O–H groups in total. The van der Waals surface area contributed by atoms with Crippen LogP contribution in [0, 0.1) is 0 Å². The molecule has 28 heavy (non-hydrogen) atoms. The Kier molecular flexibility index (Phi) is 5.43. The van der Waals surface area contributed by atoms with Crippen LogP contribution in [0.3, 0.4) is 0 Å². The summed E-state index contributed by atoms with van der Waals surface area (Å²) in [6.07, 6.45) is 7.54. The number of nitrogens with one attached hydrogen (secondary N) is 1. The summed E-state index contributed by atoms with van der Waals surface area (Å²) in [5.74, 6) is 1.79. The lowest BCUT2D eigenvalue weighted by Crippen LogP contribution is -2.43. The lowest BCUT2D eigenvalue weighted by Gasteiger charge is -2.33. The van der Waals surface area contributed by atoms with Crippen molar-refractivity contribution in [2.75, 3.05) is 25.5 Å². The van der Waals surface area contributed by atoms with Crippen molar-refractivity contribution in [1.82, 2.24) is 24.5 Å². The fourth-order valence-corrected chi connectivity index (χ4v) is 3.90. The fraction of sp³-hybridized carbons (Fsp3) is 0.368. The van der Waals surface area contributed by atoms with Crippen molar-refractivity contribution >= 4 is 33.4 Å². The first-order valence-electron chi connectivity index (χ1n) is 9.30. The van der Waals surface area contributed by atoms with Gasteiger partial charge < -0.3 is 16.0 Å². The molecule has 8 nitrogen and oxygen atoms in total. The van der Waals surface area contributed by atoms with E-state index in [0.717, 1.165) is 53.1 Å². The lowest BCUT2D eigenvalue weighted by molar-refractivity contribution is 0.303. The van der Waals surface area contributed by atoms with Crippen molar-refractivity contribution in [2.24, 2.45) is 10.7 Å². The molecule has 0 amide bonds. The minimum atomic E-state index is 0.291. The predicted octanol–water partition coefficient (Wildman–Crippen LogP) is 2.62. The number of hydrogen-bond acceptors (Lipinski definition) is 5. The highest BCUT2D eigenvalue weighted by Gasteiger charge is 2.25. The van der Waals surface area contributed by atoms with Crippen LogP contribution in [-0.2, 0) is 6.54 Å². The number of likely N-dealkylation sites (tertiary alicyclic amines) is 1. The fourth-order valence-electron chi connectivity index (χ4n) is 3.55. The van der Waals surface area contributed by atoms with Gasteiger partial charge in [0, 0.05) is 51.1 Å². The number of guanidine groups is 1. The van der Waals surface area contributed by atoms with Gasteiger partial charge in [0.2, 0.25) is 0 Å². The zero-order chi connectivity index (χ0) is 19.5. The Morgan fingerprint density at radius 3 is 3.11 bits per heavy atom. The molecule has 0 bridgehead atoms. The summed E-state index contributed by atoms with van der Waals surface area (Å²) in [4.78, 5) is 15.3. The van der Waals surface area contributed by atoms with E-state index in [-0.39, 0.29) is 0 Å². The number of piperidine rings is 1. The van der Waals surface area contributed by atoms with Gasteiger partial charge in [0.15, 0.2) is 11.6 Å². The van der Waals surface area contributed by atoms with E-state index in [0.29, 0.717) is 18.4 Å². The topological polar surface area (TPSA) is 96.7 Å². The maximum Gasteiger partial charge on any atom is 0.190 e. The van der Waals surface area contributed by atoms with Crippen molar-refractivity contribution in [2.45, 2.75) is 25.3 Å². The molecule has 4 rings (SSSR count). The summed E-state index contributed by atoms with van der Waals surface area (Å²) >= 11 is 3.57. The van der Waals surface area contributed by atoms with E-state index in [2.05, 4.69) is 47.3 Å². The SMILES string of the molecule is CN=C(N)N1CCCC(c2cc(NCc3cccnc3)n3ncc(Br)c3n2)C1. The summed E-state index contributed by atoms with van der Waals surface area (Å²) in [5.41, 5.74) is 9.00. The first kappa shape index (κ1) is 18.7. The van der Waals surface area contributed by atoms with Crippen molar-refractivity contribution in [3.8, 4) is 0 Å². The van der Waals surface area contributed by atoms with Crippen LogP contribution in [0.15, 0.2) is 46.3 Å². The van der Waals surface area contributed by atoms with Crippen LogP contribution in [0.2, 0.25) is 0 Å². The number of hydrogen-bond donors (Lipinski definition) is 2. The number of pyridine rings is 1. The van der Waals surface area contributed by atoms with Crippen LogP contribution in [0.1, 0.15) is 30.0 Å². The van der Waals surface area contributed by atoms with Crippen LogP contribution >= 0.6 is 15.9 Å². The van der Waals surface area contributed by atoms with Gasteiger partial charge in [-0.05, 0) is 40.4 Å². The molecule has 1 aliphatic heterocycles. The molecule has 0 aliphatic carbocycles. The van der Waals surface area contributed by atoms with Gasteiger partial charge in [0.1, 0.15) is 5.82 Å². The lowest BCUT2D eigenvalue weighted by atomic mass is 9.94. The standard InChI is InChI=1S/C19H23BrN8/c1-22-19(21)27-7-3-5-14(12-27)16-8-17(24-10-13-4-2-6-23-9-13)28-18(26-16)15(20)11-25-28/h2,4,6,8-9,11,14,24H,3,5,7,10,12H2,1H3,(H2,21,22). The monoisotopic (exact) mass is 442 g/mol. The first-order chi connectivity index (χ1) is 13.7. The maximum atomic E-state index is 6.04. The van der Waals surface area contributed by atoms with Crippen molar-refractivity contribution in [3.05, 3.63) is 52.5 Å². The average molecular weight is 443 g/mol. The van der Waals surface area contributed by atoms with E-state index in [1.165, 1.54) is 0 Å². The minimum absolute atomic E-state index is 0.291. The summed E-state index contributed by atoms with van der Waals surface area (Å²) < 4.78 is 2.70. The maximum absolute atomic E-state index is 6.04. The largest absolute Gasteiger partial charge is 0.370 e. The second kappa shape index (κ2) is 8.14. The summed E-state index contributed by atoms with van der Waals surface area (Å²) in [6.45, 7) is 2.42. The second-order valence-corrected chi connectivity index (χ2v) is 7.73. The highest BCUT2D eigenvalue weighted by molar-refractivity contribution is 9.10. The normalized spacial score (nSPS) is 17.9. The Bertz CT molecular complexity index is 984. The van der Waals surface area contributed by atoms with E-state index in [1.54, 1.807) is 19.4 Å². The molecular weight excluding hydrogens is 420 g/mol. The Morgan fingerprint density at radius 1 is 1.43 bits per heavy atom.